The van der Waals surface area contributed by atoms with Gasteiger partial charge in [-0.15, -0.1) is 6.58 Å². The summed E-state index contributed by atoms with van der Waals surface area (Å²) in [5.74, 6) is 0.0183. The first kappa shape index (κ1) is 10.8. The zero-order chi connectivity index (χ0) is 10.8. The van der Waals surface area contributed by atoms with Crippen LogP contribution in [0.2, 0.25) is 0 Å². The fraction of sp³-hybridized carbons (Fsp3) is 0.300. The normalized spacial score (nSPS) is 13.7. The summed E-state index contributed by atoms with van der Waals surface area (Å²) < 4.78 is 36.4. The minimum Gasteiger partial charge on any atom is -0.251 e. The van der Waals surface area contributed by atoms with E-state index in [1.165, 1.54) is 12.3 Å². The van der Waals surface area contributed by atoms with Gasteiger partial charge >= 0.3 is 6.18 Å². The lowest BCUT2D eigenvalue weighted by Gasteiger charge is -2.08. The summed E-state index contributed by atoms with van der Waals surface area (Å²) in [6, 6.07) is 2.40. The van der Waals surface area contributed by atoms with E-state index in [9.17, 15) is 13.2 Å². The maximum Gasteiger partial charge on any atom is 0.433 e. The molecule has 1 aromatic rings. The van der Waals surface area contributed by atoms with Crippen molar-refractivity contribution in [3.05, 3.63) is 42.2 Å². The zero-order valence-corrected chi connectivity index (χ0v) is 7.67. The largest absolute Gasteiger partial charge is 0.433 e. The van der Waals surface area contributed by atoms with Crippen LogP contribution in [0.1, 0.15) is 24.1 Å². The van der Waals surface area contributed by atoms with E-state index in [-0.39, 0.29) is 5.92 Å². The molecule has 0 saturated heterocycles. The van der Waals surface area contributed by atoms with E-state index < -0.39 is 11.9 Å². The molecule has 0 amide bonds. The van der Waals surface area contributed by atoms with Gasteiger partial charge in [-0.1, -0.05) is 19.1 Å². The van der Waals surface area contributed by atoms with Crippen molar-refractivity contribution in [1.82, 2.24) is 4.98 Å². The molecular weight excluding hydrogens is 191 g/mol. The molecule has 1 rings (SSSR count). The number of nitrogens with zero attached hydrogens (tertiary/aromatic N) is 1. The van der Waals surface area contributed by atoms with Gasteiger partial charge in [-0.25, -0.2) is 0 Å². The van der Waals surface area contributed by atoms with E-state index in [0.29, 0.717) is 0 Å². The van der Waals surface area contributed by atoms with Gasteiger partial charge in [0.1, 0.15) is 5.69 Å². The van der Waals surface area contributed by atoms with E-state index in [1.54, 1.807) is 6.08 Å². The fourth-order valence-electron chi connectivity index (χ4n) is 0.978. The van der Waals surface area contributed by atoms with E-state index in [0.717, 1.165) is 11.6 Å². The molecule has 0 bridgehead atoms. The molecule has 1 aromatic heterocycles. The van der Waals surface area contributed by atoms with Crippen molar-refractivity contribution in [3.8, 4) is 0 Å². The highest BCUT2D eigenvalue weighted by molar-refractivity contribution is 5.21. The maximum atomic E-state index is 12.1. The molecule has 0 unspecified atom stereocenters. The summed E-state index contributed by atoms with van der Waals surface area (Å²) in [4.78, 5) is 3.35. The van der Waals surface area contributed by atoms with E-state index in [1.807, 2.05) is 6.92 Å². The number of hydrogen-bond donors (Lipinski definition) is 0. The van der Waals surface area contributed by atoms with Crippen molar-refractivity contribution in [3.63, 3.8) is 0 Å². The second-order valence-corrected chi connectivity index (χ2v) is 3.00. The lowest BCUT2D eigenvalue weighted by molar-refractivity contribution is -0.141. The number of alkyl halides is 3. The van der Waals surface area contributed by atoms with E-state index in [4.69, 9.17) is 0 Å². The van der Waals surface area contributed by atoms with Gasteiger partial charge in [0.25, 0.3) is 0 Å². The average Bonchev–Trinajstić information content (AvgIpc) is 2.15. The summed E-state index contributed by atoms with van der Waals surface area (Å²) in [5.41, 5.74) is -0.134. The molecule has 0 aliphatic heterocycles. The fourth-order valence-corrected chi connectivity index (χ4v) is 0.978. The van der Waals surface area contributed by atoms with Crippen LogP contribution in [0, 0.1) is 0 Å². The van der Waals surface area contributed by atoms with Crippen molar-refractivity contribution in [2.75, 3.05) is 0 Å². The number of rotatable bonds is 2. The Labute approximate surface area is 80.3 Å². The van der Waals surface area contributed by atoms with Crippen LogP contribution in [0.3, 0.4) is 0 Å². The quantitative estimate of drug-likeness (QED) is 0.668. The predicted octanol–water partition coefficient (Wildman–Crippen LogP) is 3.39. The molecule has 0 saturated carbocycles. The highest BCUT2D eigenvalue weighted by atomic mass is 19.4. The van der Waals surface area contributed by atoms with Gasteiger partial charge in [-0.3, -0.25) is 4.98 Å². The minimum absolute atomic E-state index is 0.0183. The molecule has 0 fully saturated rings. The third-order valence-electron chi connectivity index (χ3n) is 1.96. The van der Waals surface area contributed by atoms with Crippen molar-refractivity contribution >= 4 is 0 Å². The lowest BCUT2D eigenvalue weighted by Crippen LogP contribution is -2.07. The lowest BCUT2D eigenvalue weighted by atomic mass is 10.0. The Hall–Kier alpha value is -1.32. The molecule has 1 heterocycles. The summed E-state index contributed by atoms with van der Waals surface area (Å²) in [6.45, 7) is 5.40. The smallest absolute Gasteiger partial charge is 0.251 e. The highest BCUT2D eigenvalue weighted by Crippen LogP contribution is 2.28. The van der Waals surface area contributed by atoms with Crippen LogP contribution in [0.4, 0.5) is 13.2 Å². The van der Waals surface area contributed by atoms with Crippen LogP contribution in [-0.4, -0.2) is 4.98 Å². The van der Waals surface area contributed by atoms with Crippen LogP contribution < -0.4 is 0 Å². The summed E-state index contributed by atoms with van der Waals surface area (Å²) in [6.07, 6.45) is -1.48. The standard InChI is InChI=1S/C10H10F3N/c1-3-7(2)8-4-5-9(14-6-8)10(11,12)13/h3-7H,1H2,2H3/t7-/m1/s1. The molecule has 0 radical (unpaired) electrons. The number of hydrogen-bond acceptors (Lipinski definition) is 1. The van der Waals surface area contributed by atoms with Gasteiger partial charge < -0.3 is 0 Å². The molecule has 0 aliphatic rings. The molecule has 1 nitrogen and oxygen atoms in total. The molecule has 0 spiro atoms. The maximum absolute atomic E-state index is 12.1. The van der Waals surface area contributed by atoms with E-state index in [2.05, 4.69) is 11.6 Å². The van der Waals surface area contributed by atoms with Crippen molar-refractivity contribution in [2.24, 2.45) is 0 Å². The Balaban J connectivity index is 2.95. The number of pyridine rings is 1. The predicted molar refractivity (Wildman–Crippen MR) is 47.9 cm³/mol. The SMILES string of the molecule is C=C[C@@H](C)c1ccc(C(F)(F)F)nc1. The monoisotopic (exact) mass is 201 g/mol. The van der Waals surface area contributed by atoms with Crippen LogP contribution in [0.25, 0.3) is 0 Å². The molecule has 1 atom stereocenters. The topological polar surface area (TPSA) is 12.9 Å². The minimum atomic E-state index is -4.37. The Morgan fingerprint density at radius 1 is 1.43 bits per heavy atom. The third kappa shape index (κ3) is 2.34. The first-order valence-corrected chi connectivity index (χ1v) is 4.11. The first-order valence-electron chi connectivity index (χ1n) is 4.11. The van der Waals surface area contributed by atoms with Gasteiger partial charge in [-0.05, 0) is 11.6 Å². The Bertz CT molecular complexity index is 313. The number of aromatic nitrogens is 1. The molecule has 14 heavy (non-hydrogen) atoms. The zero-order valence-electron chi connectivity index (χ0n) is 7.67. The Kier molecular flexibility index (Phi) is 2.93. The first-order chi connectivity index (χ1) is 6.45. The molecule has 76 valence electrons. The van der Waals surface area contributed by atoms with Gasteiger partial charge in [0, 0.05) is 12.1 Å². The second kappa shape index (κ2) is 3.82. The van der Waals surface area contributed by atoms with Crippen molar-refractivity contribution < 1.29 is 13.2 Å². The van der Waals surface area contributed by atoms with Gasteiger partial charge in [-0.2, -0.15) is 13.2 Å². The Morgan fingerprint density at radius 2 is 2.07 bits per heavy atom. The van der Waals surface area contributed by atoms with Gasteiger partial charge in [0.05, 0.1) is 0 Å². The molecule has 0 aliphatic carbocycles. The third-order valence-corrected chi connectivity index (χ3v) is 1.96. The van der Waals surface area contributed by atoms with Crippen LogP contribution >= 0.6 is 0 Å². The van der Waals surface area contributed by atoms with Crippen LogP contribution in [-0.2, 0) is 6.18 Å². The molecule has 0 N–H and O–H groups in total. The van der Waals surface area contributed by atoms with Crippen molar-refractivity contribution in [2.45, 2.75) is 19.0 Å². The second-order valence-electron chi connectivity index (χ2n) is 3.00. The highest BCUT2D eigenvalue weighted by Gasteiger charge is 2.32. The summed E-state index contributed by atoms with van der Waals surface area (Å²) >= 11 is 0. The van der Waals surface area contributed by atoms with Crippen molar-refractivity contribution in [1.29, 1.82) is 0 Å². The van der Waals surface area contributed by atoms with E-state index >= 15 is 0 Å². The molecule has 0 aromatic carbocycles. The summed E-state index contributed by atoms with van der Waals surface area (Å²) in [5, 5.41) is 0. The van der Waals surface area contributed by atoms with Gasteiger partial charge in [0.2, 0.25) is 0 Å². The Morgan fingerprint density at radius 3 is 2.43 bits per heavy atom. The van der Waals surface area contributed by atoms with Crippen LogP contribution in [0.5, 0.6) is 0 Å². The van der Waals surface area contributed by atoms with Crippen LogP contribution in [0.15, 0.2) is 31.0 Å². The number of halogens is 3. The van der Waals surface area contributed by atoms with Gasteiger partial charge in [0.15, 0.2) is 0 Å². The number of allylic oxidation sites excluding steroid dienone is 1. The molecular formula is C10H10F3N. The molecule has 4 heteroatoms. The summed E-state index contributed by atoms with van der Waals surface area (Å²) in [7, 11) is 0. The average molecular weight is 201 g/mol.